The number of nitriles is 1. The van der Waals surface area contributed by atoms with Gasteiger partial charge in [0.25, 0.3) is 0 Å². The molecule has 112 valence electrons. The standard InChI is InChI=1S/C15H15F3N2O/c16-15(17,18)12-5-2-4-11(8-12)14(21)20-13-6-1-3-10(7-13)9-19/h1,3,6-7,11-12H,2,4-5,8H2,(H,20,21). The molecule has 6 heteroatoms. The van der Waals surface area contributed by atoms with E-state index in [1.165, 1.54) is 6.07 Å². The third-order valence-corrected chi connectivity index (χ3v) is 3.77. The molecule has 0 spiro atoms. The Balaban J connectivity index is 2.01. The SMILES string of the molecule is N#Cc1cccc(NC(=O)C2CCCC(C(F)(F)F)C2)c1. The zero-order valence-electron chi connectivity index (χ0n) is 11.3. The van der Waals surface area contributed by atoms with Crippen LogP contribution in [0.15, 0.2) is 24.3 Å². The predicted molar refractivity (Wildman–Crippen MR) is 71.3 cm³/mol. The van der Waals surface area contributed by atoms with Crippen LogP contribution in [0, 0.1) is 23.2 Å². The summed E-state index contributed by atoms with van der Waals surface area (Å²) in [4.78, 5) is 12.1. The molecule has 1 saturated carbocycles. The van der Waals surface area contributed by atoms with Crippen LogP contribution < -0.4 is 5.32 Å². The summed E-state index contributed by atoms with van der Waals surface area (Å²) >= 11 is 0. The third-order valence-electron chi connectivity index (χ3n) is 3.77. The maximum Gasteiger partial charge on any atom is 0.391 e. The van der Waals surface area contributed by atoms with Crippen LogP contribution in [-0.4, -0.2) is 12.1 Å². The number of carbonyl (C=O) groups excluding carboxylic acids is 1. The molecule has 0 aromatic heterocycles. The summed E-state index contributed by atoms with van der Waals surface area (Å²) in [5.41, 5.74) is 0.831. The highest BCUT2D eigenvalue weighted by Gasteiger charge is 2.43. The summed E-state index contributed by atoms with van der Waals surface area (Å²) in [5.74, 6) is -2.43. The van der Waals surface area contributed by atoms with Gasteiger partial charge in [-0.2, -0.15) is 18.4 Å². The normalized spacial score (nSPS) is 22.4. The Labute approximate surface area is 120 Å². The lowest BCUT2D eigenvalue weighted by Crippen LogP contribution is -2.34. The van der Waals surface area contributed by atoms with Crippen molar-refractivity contribution in [2.24, 2.45) is 11.8 Å². The molecular weight excluding hydrogens is 281 g/mol. The van der Waals surface area contributed by atoms with Gasteiger partial charge in [0.15, 0.2) is 0 Å². The molecular formula is C15H15F3N2O. The molecule has 2 unspecified atom stereocenters. The minimum atomic E-state index is -4.24. The van der Waals surface area contributed by atoms with Gasteiger partial charge in [0.05, 0.1) is 17.6 Å². The molecule has 0 heterocycles. The molecule has 2 rings (SSSR count). The number of hydrogen-bond acceptors (Lipinski definition) is 2. The van der Waals surface area contributed by atoms with Crippen molar-refractivity contribution < 1.29 is 18.0 Å². The van der Waals surface area contributed by atoms with Crippen LogP contribution in [0.2, 0.25) is 0 Å². The molecule has 21 heavy (non-hydrogen) atoms. The Morgan fingerprint density at radius 3 is 2.76 bits per heavy atom. The molecule has 0 radical (unpaired) electrons. The van der Waals surface area contributed by atoms with E-state index in [0.717, 1.165) is 0 Å². The number of nitrogens with one attached hydrogen (secondary N) is 1. The van der Waals surface area contributed by atoms with Crippen LogP contribution in [0.5, 0.6) is 0 Å². The van der Waals surface area contributed by atoms with Crippen LogP contribution in [-0.2, 0) is 4.79 Å². The van der Waals surface area contributed by atoms with Crippen LogP contribution in [0.1, 0.15) is 31.2 Å². The van der Waals surface area contributed by atoms with E-state index in [0.29, 0.717) is 24.1 Å². The molecule has 1 amide bonds. The summed E-state index contributed by atoms with van der Waals surface area (Å²) < 4.78 is 38.2. The van der Waals surface area contributed by atoms with E-state index >= 15 is 0 Å². The number of alkyl halides is 3. The Morgan fingerprint density at radius 2 is 2.10 bits per heavy atom. The second kappa shape index (κ2) is 6.17. The first kappa shape index (κ1) is 15.4. The van der Waals surface area contributed by atoms with Crippen LogP contribution in [0.4, 0.5) is 18.9 Å². The summed E-state index contributed by atoms with van der Waals surface area (Å²) in [7, 11) is 0. The molecule has 0 saturated heterocycles. The molecule has 1 aliphatic rings. The van der Waals surface area contributed by atoms with Gasteiger partial charge in [-0.3, -0.25) is 4.79 Å². The van der Waals surface area contributed by atoms with Gasteiger partial charge in [-0.25, -0.2) is 0 Å². The number of carbonyl (C=O) groups is 1. The fourth-order valence-electron chi connectivity index (χ4n) is 2.64. The van der Waals surface area contributed by atoms with Crippen LogP contribution >= 0.6 is 0 Å². The number of halogens is 3. The molecule has 1 aromatic carbocycles. The summed E-state index contributed by atoms with van der Waals surface area (Å²) in [6, 6.07) is 8.27. The van der Waals surface area contributed by atoms with E-state index in [1.807, 2.05) is 6.07 Å². The number of nitrogens with zero attached hydrogens (tertiary/aromatic N) is 1. The van der Waals surface area contributed by atoms with E-state index in [2.05, 4.69) is 5.32 Å². The molecule has 1 aliphatic carbocycles. The van der Waals surface area contributed by atoms with E-state index in [1.54, 1.807) is 18.2 Å². The van der Waals surface area contributed by atoms with E-state index in [-0.39, 0.29) is 12.8 Å². The minimum Gasteiger partial charge on any atom is -0.326 e. The predicted octanol–water partition coefficient (Wildman–Crippen LogP) is 3.87. The highest BCUT2D eigenvalue weighted by molar-refractivity contribution is 5.92. The first-order valence-electron chi connectivity index (χ1n) is 6.78. The van der Waals surface area contributed by atoms with Crippen LogP contribution in [0.3, 0.4) is 0 Å². The lowest BCUT2D eigenvalue weighted by Gasteiger charge is -2.29. The zero-order valence-corrected chi connectivity index (χ0v) is 11.3. The van der Waals surface area contributed by atoms with E-state index in [9.17, 15) is 18.0 Å². The van der Waals surface area contributed by atoms with Gasteiger partial charge in [-0.05, 0) is 37.5 Å². The van der Waals surface area contributed by atoms with Gasteiger partial charge >= 0.3 is 6.18 Å². The average Bonchev–Trinajstić information content (AvgIpc) is 2.46. The second-order valence-electron chi connectivity index (χ2n) is 5.28. The average molecular weight is 296 g/mol. The molecule has 1 aromatic rings. The number of rotatable bonds is 2. The van der Waals surface area contributed by atoms with Gasteiger partial charge in [0, 0.05) is 11.6 Å². The molecule has 0 aliphatic heterocycles. The van der Waals surface area contributed by atoms with Crippen molar-refractivity contribution in [3.8, 4) is 6.07 Å². The summed E-state index contributed by atoms with van der Waals surface area (Å²) in [5, 5.41) is 11.4. The fourth-order valence-corrected chi connectivity index (χ4v) is 2.64. The van der Waals surface area contributed by atoms with Gasteiger partial charge < -0.3 is 5.32 Å². The maximum absolute atomic E-state index is 12.7. The van der Waals surface area contributed by atoms with E-state index in [4.69, 9.17) is 5.26 Å². The number of benzene rings is 1. The smallest absolute Gasteiger partial charge is 0.326 e. The zero-order chi connectivity index (χ0) is 15.5. The first-order valence-corrected chi connectivity index (χ1v) is 6.78. The summed E-state index contributed by atoms with van der Waals surface area (Å²) in [6.07, 6.45) is -3.43. The lowest BCUT2D eigenvalue weighted by atomic mass is 9.80. The maximum atomic E-state index is 12.7. The Kier molecular flexibility index (Phi) is 4.51. The minimum absolute atomic E-state index is 0.0944. The number of anilines is 1. The van der Waals surface area contributed by atoms with Crippen molar-refractivity contribution in [1.82, 2.24) is 0 Å². The molecule has 3 nitrogen and oxygen atoms in total. The van der Waals surface area contributed by atoms with Gasteiger partial charge in [0.1, 0.15) is 0 Å². The number of hydrogen-bond donors (Lipinski definition) is 1. The Bertz CT molecular complexity index is 563. The monoisotopic (exact) mass is 296 g/mol. The largest absolute Gasteiger partial charge is 0.391 e. The second-order valence-corrected chi connectivity index (χ2v) is 5.28. The van der Waals surface area contributed by atoms with E-state index < -0.39 is 23.9 Å². The van der Waals surface area contributed by atoms with Gasteiger partial charge in [0.2, 0.25) is 5.91 Å². The van der Waals surface area contributed by atoms with Gasteiger partial charge in [-0.1, -0.05) is 12.5 Å². The summed E-state index contributed by atoms with van der Waals surface area (Å²) in [6.45, 7) is 0. The van der Waals surface area contributed by atoms with Crippen molar-refractivity contribution >= 4 is 11.6 Å². The topological polar surface area (TPSA) is 52.9 Å². The first-order chi connectivity index (χ1) is 9.90. The van der Waals surface area contributed by atoms with Crippen molar-refractivity contribution in [2.45, 2.75) is 31.9 Å². The molecule has 0 bridgehead atoms. The van der Waals surface area contributed by atoms with Gasteiger partial charge in [-0.15, -0.1) is 0 Å². The molecule has 1 N–H and O–H groups in total. The fraction of sp³-hybridized carbons (Fsp3) is 0.467. The quantitative estimate of drug-likeness (QED) is 0.900. The van der Waals surface area contributed by atoms with Crippen LogP contribution in [0.25, 0.3) is 0 Å². The lowest BCUT2D eigenvalue weighted by molar-refractivity contribution is -0.185. The molecule has 1 fully saturated rings. The van der Waals surface area contributed by atoms with Crippen molar-refractivity contribution in [1.29, 1.82) is 5.26 Å². The van der Waals surface area contributed by atoms with Crippen molar-refractivity contribution in [3.63, 3.8) is 0 Å². The number of amides is 1. The van der Waals surface area contributed by atoms with Crippen molar-refractivity contribution in [2.75, 3.05) is 5.32 Å². The highest BCUT2D eigenvalue weighted by Crippen LogP contribution is 2.40. The Hall–Kier alpha value is -2.03. The van der Waals surface area contributed by atoms with Crippen molar-refractivity contribution in [3.05, 3.63) is 29.8 Å². The Morgan fingerprint density at radius 1 is 1.33 bits per heavy atom. The third kappa shape index (κ3) is 3.97. The highest BCUT2D eigenvalue weighted by atomic mass is 19.4. The molecule has 2 atom stereocenters.